The van der Waals surface area contributed by atoms with Gasteiger partial charge in [-0.3, -0.25) is 9.69 Å². The Morgan fingerprint density at radius 1 is 1.56 bits per heavy atom. The van der Waals surface area contributed by atoms with Crippen molar-refractivity contribution in [3.05, 3.63) is 0 Å². The van der Waals surface area contributed by atoms with Gasteiger partial charge in [0.2, 0.25) is 5.91 Å². The molecule has 0 bridgehead atoms. The zero-order valence-corrected chi connectivity index (χ0v) is 11.5. The van der Waals surface area contributed by atoms with Crippen molar-refractivity contribution in [1.82, 2.24) is 10.2 Å². The second kappa shape index (κ2) is 6.50. The highest BCUT2D eigenvalue weighted by molar-refractivity contribution is 7.81. The molecule has 1 amide bonds. The van der Waals surface area contributed by atoms with Crippen molar-refractivity contribution in [2.24, 2.45) is 5.92 Å². The van der Waals surface area contributed by atoms with E-state index in [9.17, 15) is 4.79 Å². The molecule has 2 unspecified atom stereocenters. The Morgan fingerprint density at radius 3 is 2.81 bits per heavy atom. The Bertz CT molecular complexity index is 233. The van der Waals surface area contributed by atoms with E-state index in [1.807, 2.05) is 13.8 Å². The Balaban J connectivity index is 2.31. The van der Waals surface area contributed by atoms with E-state index >= 15 is 0 Å². The van der Waals surface area contributed by atoms with E-state index in [0.717, 1.165) is 13.1 Å². The molecule has 0 aromatic rings. The molecule has 0 aliphatic carbocycles. The average molecular weight is 244 g/mol. The Kier molecular flexibility index (Phi) is 5.62. The van der Waals surface area contributed by atoms with Crippen molar-refractivity contribution in [3.8, 4) is 0 Å². The summed E-state index contributed by atoms with van der Waals surface area (Å²) in [6, 6.07) is 0.529. The Labute approximate surface area is 104 Å². The van der Waals surface area contributed by atoms with Crippen LogP contribution in [0.5, 0.6) is 0 Å². The molecule has 0 spiro atoms. The molecule has 0 radical (unpaired) electrons. The lowest BCUT2D eigenvalue weighted by Crippen LogP contribution is -2.43. The molecule has 4 heteroatoms. The quantitative estimate of drug-likeness (QED) is 0.719. The van der Waals surface area contributed by atoms with Crippen molar-refractivity contribution in [2.75, 3.05) is 19.6 Å². The molecular weight excluding hydrogens is 220 g/mol. The third kappa shape index (κ3) is 3.67. The van der Waals surface area contributed by atoms with Gasteiger partial charge in [-0.1, -0.05) is 20.8 Å². The standard InChI is InChI=1S/C12H24N2OS/c1-4-14-7-5-6-10(14)8-13-12(15)11(16)9(2)3/h9-11,16H,4-8H2,1-3H3,(H,13,15). The Hall–Kier alpha value is -0.220. The number of likely N-dealkylation sites (tertiary alicyclic amines) is 1. The average Bonchev–Trinajstić information content (AvgIpc) is 2.71. The normalized spacial score (nSPS) is 23.7. The molecule has 1 aliphatic rings. The predicted molar refractivity (Wildman–Crippen MR) is 70.9 cm³/mol. The second-order valence-corrected chi connectivity index (χ2v) is 5.41. The van der Waals surface area contributed by atoms with E-state index in [2.05, 4.69) is 29.8 Å². The maximum absolute atomic E-state index is 11.7. The first-order chi connectivity index (χ1) is 7.56. The van der Waals surface area contributed by atoms with Crippen LogP contribution in [0.3, 0.4) is 0 Å². The number of likely N-dealkylation sites (N-methyl/N-ethyl adjacent to an activating group) is 1. The van der Waals surface area contributed by atoms with Crippen molar-refractivity contribution >= 4 is 18.5 Å². The zero-order chi connectivity index (χ0) is 12.1. The highest BCUT2D eigenvalue weighted by Crippen LogP contribution is 2.16. The minimum atomic E-state index is -0.184. The van der Waals surface area contributed by atoms with Crippen LogP contribution in [-0.2, 0) is 4.79 Å². The topological polar surface area (TPSA) is 32.3 Å². The van der Waals surface area contributed by atoms with Gasteiger partial charge in [0, 0.05) is 12.6 Å². The van der Waals surface area contributed by atoms with Crippen LogP contribution in [0, 0.1) is 5.92 Å². The summed E-state index contributed by atoms with van der Waals surface area (Å²) in [5.41, 5.74) is 0. The monoisotopic (exact) mass is 244 g/mol. The summed E-state index contributed by atoms with van der Waals surface area (Å²) in [5, 5.41) is 2.83. The lowest BCUT2D eigenvalue weighted by molar-refractivity contribution is -0.121. The van der Waals surface area contributed by atoms with E-state index in [0.29, 0.717) is 6.04 Å². The molecular formula is C12H24N2OS. The number of nitrogens with one attached hydrogen (secondary N) is 1. The lowest BCUT2D eigenvalue weighted by Gasteiger charge is -2.24. The first-order valence-corrected chi connectivity index (χ1v) is 6.77. The molecule has 3 nitrogen and oxygen atoms in total. The summed E-state index contributed by atoms with van der Waals surface area (Å²) < 4.78 is 0. The summed E-state index contributed by atoms with van der Waals surface area (Å²) in [5.74, 6) is 0.357. The number of carbonyl (C=O) groups excluding carboxylic acids is 1. The summed E-state index contributed by atoms with van der Waals surface area (Å²) in [4.78, 5) is 14.2. The molecule has 0 saturated carbocycles. The van der Waals surface area contributed by atoms with Gasteiger partial charge in [-0.15, -0.1) is 0 Å². The summed E-state index contributed by atoms with van der Waals surface area (Å²) >= 11 is 4.32. The van der Waals surface area contributed by atoms with Gasteiger partial charge in [0.15, 0.2) is 0 Å². The molecule has 1 N–H and O–H groups in total. The van der Waals surface area contributed by atoms with Crippen molar-refractivity contribution in [3.63, 3.8) is 0 Å². The predicted octanol–water partition coefficient (Wildman–Crippen LogP) is 1.54. The first kappa shape index (κ1) is 13.8. The lowest BCUT2D eigenvalue weighted by atomic mass is 10.1. The van der Waals surface area contributed by atoms with Gasteiger partial charge in [0.25, 0.3) is 0 Å². The van der Waals surface area contributed by atoms with Crippen molar-refractivity contribution < 1.29 is 4.79 Å². The number of rotatable bonds is 5. The maximum Gasteiger partial charge on any atom is 0.233 e. The van der Waals surface area contributed by atoms with Gasteiger partial charge >= 0.3 is 0 Å². The Morgan fingerprint density at radius 2 is 2.25 bits per heavy atom. The SMILES string of the molecule is CCN1CCCC1CNC(=O)C(S)C(C)C. The molecule has 1 fully saturated rings. The van der Waals surface area contributed by atoms with Crippen LogP contribution in [0.15, 0.2) is 0 Å². The first-order valence-electron chi connectivity index (χ1n) is 6.26. The van der Waals surface area contributed by atoms with Crippen LogP contribution in [0.2, 0.25) is 0 Å². The smallest absolute Gasteiger partial charge is 0.233 e. The number of carbonyl (C=O) groups is 1. The molecule has 1 saturated heterocycles. The van der Waals surface area contributed by atoms with Crippen LogP contribution in [0.1, 0.15) is 33.6 Å². The van der Waals surface area contributed by atoms with Crippen molar-refractivity contribution in [2.45, 2.75) is 44.9 Å². The van der Waals surface area contributed by atoms with Gasteiger partial charge in [-0.05, 0) is 31.8 Å². The summed E-state index contributed by atoms with van der Waals surface area (Å²) in [6.07, 6.45) is 2.45. The van der Waals surface area contributed by atoms with Gasteiger partial charge < -0.3 is 5.32 Å². The van der Waals surface area contributed by atoms with Crippen LogP contribution < -0.4 is 5.32 Å². The molecule has 1 aliphatic heterocycles. The fourth-order valence-corrected chi connectivity index (χ4v) is 2.26. The molecule has 0 aromatic heterocycles. The highest BCUT2D eigenvalue weighted by Gasteiger charge is 2.24. The molecule has 0 aromatic carbocycles. The molecule has 1 rings (SSSR count). The van der Waals surface area contributed by atoms with E-state index in [1.165, 1.54) is 19.4 Å². The van der Waals surface area contributed by atoms with E-state index in [-0.39, 0.29) is 17.1 Å². The fraction of sp³-hybridized carbons (Fsp3) is 0.917. The second-order valence-electron chi connectivity index (χ2n) is 4.86. The molecule has 2 atom stereocenters. The molecule has 16 heavy (non-hydrogen) atoms. The minimum Gasteiger partial charge on any atom is -0.354 e. The number of nitrogens with zero attached hydrogens (tertiary/aromatic N) is 1. The number of amides is 1. The highest BCUT2D eigenvalue weighted by atomic mass is 32.1. The summed E-state index contributed by atoms with van der Waals surface area (Å²) in [6.45, 7) is 9.24. The van der Waals surface area contributed by atoms with Crippen LogP contribution in [-0.4, -0.2) is 41.7 Å². The van der Waals surface area contributed by atoms with Gasteiger partial charge in [0.05, 0.1) is 5.25 Å². The van der Waals surface area contributed by atoms with Gasteiger partial charge in [0.1, 0.15) is 0 Å². The van der Waals surface area contributed by atoms with Crippen LogP contribution in [0.4, 0.5) is 0 Å². The van der Waals surface area contributed by atoms with E-state index in [1.54, 1.807) is 0 Å². The summed E-state index contributed by atoms with van der Waals surface area (Å²) in [7, 11) is 0. The maximum atomic E-state index is 11.7. The fourth-order valence-electron chi connectivity index (χ4n) is 2.17. The largest absolute Gasteiger partial charge is 0.354 e. The van der Waals surface area contributed by atoms with Crippen LogP contribution in [0.25, 0.3) is 0 Å². The van der Waals surface area contributed by atoms with E-state index in [4.69, 9.17) is 0 Å². The van der Waals surface area contributed by atoms with Gasteiger partial charge in [-0.25, -0.2) is 0 Å². The van der Waals surface area contributed by atoms with Gasteiger partial charge in [-0.2, -0.15) is 12.6 Å². The van der Waals surface area contributed by atoms with E-state index < -0.39 is 0 Å². The molecule has 94 valence electrons. The van der Waals surface area contributed by atoms with Crippen molar-refractivity contribution in [1.29, 1.82) is 0 Å². The van der Waals surface area contributed by atoms with Crippen LogP contribution >= 0.6 is 12.6 Å². The third-order valence-corrected chi connectivity index (χ3v) is 4.15. The number of thiol groups is 1. The zero-order valence-electron chi connectivity index (χ0n) is 10.6. The number of hydrogen-bond acceptors (Lipinski definition) is 3. The molecule has 1 heterocycles. The minimum absolute atomic E-state index is 0.0706. The number of hydrogen-bond donors (Lipinski definition) is 2. The third-order valence-electron chi connectivity index (χ3n) is 3.32.